The molecule has 0 bridgehead atoms. The van der Waals surface area contributed by atoms with Crippen LogP contribution in [-0.2, 0) is 0 Å². The van der Waals surface area contributed by atoms with Gasteiger partial charge in [-0.3, -0.25) is 0 Å². The van der Waals surface area contributed by atoms with Gasteiger partial charge in [0.2, 0.25) is 0 Å². The van der Waals surface area contributed by atoms with Crippen LogP contribution in [0.1, 0.15) is 12.5 Å². The Morgan fingerprint density at radius 1 is 1.22 bits per heavy atom. The molecule has 0 radical (unpaired) electrons. The lowest BCUT2D eigenvalue weighted by molar-refractivity contribution is 0.249. The van der Waals surface area contributed by atoms with Gasteiger partial charge in [-0.05, 0) is 23.8 Å². The van der Waals surface area contributed by atoms with Gasteiger partial charge in [-0.15, -0.1) is 0 Å². The number of carbonyl (C=O) groups excluding carboxylic acids is 1. The zero-order valence-electron chi connectivity index (χ0n) is 9.77. The van der Waals surface area contributed by atoms with Crippen molar-refractivity contribution in [1.82, 2.24) is 5.43 Å². The third-order valence-electron chi connectivity index (χ3n) is 2.59. The van der Waals surface area contributed by atoms with Crippen LogP contribution in [0.25, 0.3) is 10.8 Å². The van der Waals surface area contributed by atoms with Crippen LogP contribution in [0, 0.1) is 0 Å². The predicted octanol–water partition coefficient (Wildman–Crippen LogP) is 2.99. The van der Waals surface area contributed by atoms with Gasteiger partial charge in [-0.25, -0.2) is 10.2 Å². The quantitative estimate of drug-likeness (QED) is 0.650. The summed E-state index contributed by atoms with van der Waals surface area (Å²) in [7, 11) is 0. The summed E-state index contributed by atoms with van der Waals surface area (Å²) in [6.45, 7) is 1.83. The molecule has 0 unspecified atom stereocenters. The van der Waals surface area contributed by atoms with Crippen molar-refractivity contribution in [2.45, 2.75) is 6.92 Å². The first-order chi connectivity index (χ1) is 8.59. The molecule has 0 saturated carbocycles. The van der Waals surface area contributed by atoms with Crippen molar-refractivity contribution in [3.63, 3.8) is 0 Å². The fraction of sp³-hybridized carbons (Fsp3) is 0.0769. The molecule has 0 heterocycles. The Morgan fingerprint density at radius 2 is 1.89 bits per heavy atom. The highest BCUT2D eigenvalue weighted by Crippen LogP contribution is 2.27. The molecule has 2 amide bonds. The summed E-state index contributed by atoms with van der Waals surface area (Å²) in [5.74, 6) is 0. The SMILES string of the molecule is CC(=NNC(N)=O)c1ccc(Br)c2ccccc12. The first-order valence-electron chi connectivity index (χ1n) is 5.37. The molecule has 0 atom stereocenters. The third kappa shape index (κ3) is 2.51. The molecule has 0 aliphatic carbocycles. The molecule has 4 nitrogen and oxygen atoms in total. The van der Waals surface area contributed by atoms with Crippen LogP contribution in [0.15, 0.2) is 46.0 Å². The maximum atomic E-state index is 10.6. The molecular formula is C13H12BrN3O. The monoisotopic (exact) mass is 305 g/mol. The smallest absolute Gasteiger partial charge is 0.332 e. The lowest BCUT2D eigenvalue weighted by Gasteiger charge is -2.07. The lowest BCUT2D eigenvalue weighted by atomic mass is 10.0. The zero-order chi connectivity index (χ0) is 13.1. The molecule has 3 N–H and O–H groups in total. The van der Waals surface area contributed by atoms with Crippen LogP contribution >= 0.6 is 15.9 Å². The molecule has 0 fully saturated rings. The number of fused-ring (bicyclic) bond motifs is 1. The number of hydrogen-bond donors (Lipinski definition) is 2. The average Bonchev–Trinajstić information content (AvgIpc) is 2.37. The van der Waals surface area contributed by atoms with Crippen LogP contribution in [-0.4, -0.2) is 11.7 Å². The number of amides is 2. The molecule has 2 rings (SSSR count). The van der Waals surface area contributed by atoms with Gasteiger partial charge in [0.1, 0.15) is 0 Å². The predicted molar refractivity (Wildman–Crippen MR) is 76.6 cm³/mol. The van der Waals surface area contributed by atoms with Crippen LogP contribution in [0.2, 0.25) is 0 Å². The number of carbonyl (C=O) groups is 1. The number of hydrogen-bond acceptors (Lipinski definition) is 2. The summed E-state index contributed by atoms with van der Waals surface area (Å²) in [5, 5.41) is 6.12. The Balaban J connectivity index is 2.55. The number of nitrogens with one attached hydrogen (secondary N) is 1. The van der Waals surface area contributed by atoms with Gasteiger partial charge in [0.05, 0.1) is 5.71 Å². The molecule has 18 heavy (non-hydrogen) atoms. The highest BCUT2D eigenvalue weighted by molar-refractivity contribution is 9.10. The maximum absolute atomic E-state index is 10.6. The number of benzene rings is 2. The van der Waals surface area contributed by atoms with Crippen LogP contribution in [0.5, 0.6) is 0 Å². The topological polar surface area (TPSA) is 67.5 Å². The number of rotatable bonds is 2. The summed E-state index contributed by atoms with van der Waals surface area (Å²) in [6, 6.07) is 11.2. The number of halogens is 1. The van der Waals surface area contributed by atoms with Crippen LogP contribution < -0.4 is 11.2 Å². The normalized spacial score (nSPS) is 11.6. The van der Waals surface area contributed by atoms with Crippen molar-refractivity contribution in [2.75, 3.05) is 0 Å². The summed E-state index contributed by atoms with van der Waals surface area (Å²) in [4.78, 5) is 10.6. The van der Waals surface area contributed by atoms with Gasteiger partial charge in [0.25, 0.3) is 0 Å². The fourth-order valence-electron chi connectivity index (χ4n) is 1.78. The molecule has 0 aromatic heterocycles. The van der Waals surface area contributed by atoms with Gasteiger partial charge >= 0.3 is 6.03 Å². The molecule has 0 aliphatic heterocycles. The molecule has 2 aromatic rings. The van der Waals surface area contributed by atoms with E-state index in [0.717, 1.165) is 20.8 Å². The Labute approximate surface area is 113 Å². The minimum Gasteiger partial charge on any atom is -0.350 e. The molecule has 5 heteroatoms. The second-order valence-electron chi connectivity index (χ2n) is 3.81. The zero-order valence-corrected chi connectivity index (χ0v) is 11.4. The fourth-order valence-corrected chi connectivity index (χ4v) is 2.25. The van der Waals surface area contributed by atoms with E-state index in [1.165, 1.54) is 0 Å². The summed E-state index contributed by atoms with van der Waals surface area (Å²) >= 11 is 3.51. The Bertz CT molecular complexity index is 637. The molecular weight excluding hydrogens is 294 g/mol. The molecule has 0 spiro atoms. The van der Waals surface area contributed by atoms with Crippen molar-refractivity contribution in [3.8, 4) is 0 Å². The second kappa shape index (κ2) is 5.18. The Kier molecular flexibility index (Phi) is 3.62. The van der Waals surface area contributed by atoms with Gasteiger partial charge in [-0.2, -0.15) is 5.10 Å². The minimum absolute atomic E-state index is 0.671. The molecule has 0 aliphatic rings. The van der Waals surface area contributed by atoms with Gasteiger partial charge < -0.3 is 5.73 Å². The molecule has 2 aromatic carbocycles. The first kappa shape index (κ1) is 12.6. The first-order valence-corrected chi connectivity index (χ1v) is 6.16. The molecule has 92 valence electrons. The Hall–Kier alpha value is -1.88. The van der Waals surface area contributed by atoms with Crippen LogP contribution in [0.3, 0.4) is 0 Å². The number of urea groups is 1. The largest absolute Gasteiger partial charge is 0.350 e. The number of nitrogens with zero attached hydrogens (tertiary/aromatic N) is 1. The third-order valence-corrected chi connectivity index (χ3v) is 3.29. The summed E-state index contributed by atoms with van der Waals surface area (Å²) < 4.78 is 1.03. The lowest BCUT2D eigenvalue weighted by Crippen LogP contribution is -2.25. The Morgan fingerprint density at radius 3 is 2.56 bits per heavy atom. The van der Waals surface area contributed by atoms with E-state index in [4.69, 9.17) is 5.73 Å². The summed E-state index contributed by atoms with van der Waals surface area (Å²) in [5.41, 5.74) is 8.90. The number of nitrogens with two attached hydrogens (primary N) is 1. The highest BCUT2D eigenvalue weighted by atomic mass is 79.9. The van der Waals surface area contributed by atoms with Crippen molar-refractivity contribution >= 4 is 38.4 Å². The van der Waals surface area contributed by atoms with Crippen molar-refractivity contribution < 1.29 is 4.79 Å². The molecule has 0 saturated heterocycles. The van der Waals surface area contributed by atoms with Crippen molar-refractivity contribution in [1.29, 1.82) is 0 Å². The van der Waals surface area contributed by atoms with E-state index < -0.39 is 6.03 Å². The van der Waals surface area contributed by atoms with E-state index in [9.17, 15) is 4.79 Å². The van der Waals surface area contributed by atoms with Gasteiger partial charge in [-0.1, -0.05) is 46.3 Å². The van der Waals surface area contributed by atoms with E-state index >= 15 is 0 Å². The van der Waals surface area contributed by atoms with E-state index in [1.54, 1.807) is 0 Å². The van der Waals surface area contributed by atoms with Gasteiger partial charge in [0.15, 0.2) is 0 Å². The van der Waals surface area contributed by atoms with E-state index in [2.05, 4.69) is 26.5 Å². The number of primary amides is 1. The number of hydrazone groups is 1. The van der Waals surface area contributed by atoms with E-state index in [1.807, 2.05) is 43.3 Å². The second-order valence-corrected chi connectivity index (χ2v) is 4.67. The standard InChI is InChI=1S/C13H12BrN3O/c1-8(16-17-13(15)18)9-6-7-12(14)11-5-3-2-4-10(9)11/h2-7H,1H3,(H3,15,17,18). The average molecular weight is 306 g/mol. The maximum Gasteiger partial charge on any atom is 0.332 e. The minimum atomic E-state index is -0.671. The van der Waals surface area contributed by atoms with Gasteiger partial charge in [0, 0.05) is 10.0 Å². The van der Waals surface area contributed by atoms with E-state index in [0.29, 0.717) is 5.71 Å². The van der Waals surface area contributed by atoms with Crippen molar-refractivity contribution in [3.05, 3.63) is 46.4 Å². The summed E-state index contributed by atoms with van der Waals surface area (Å²) in [6.07, 6.45) is 0. The highest BCUT2D eigenvalue weighted by Gasteiger charge is 2.06. The van der Waals surface area contributed by atoms with Crippen LogP contribution in [0.4, 0.5) is 4.79 Å². The van der Waals surface area contributed by atoms with E-state index in [-0.39, 0.29) is 0 Å². The van der Waals surface area contributed by atoms with Crippen molar-refractivity contribution in [2.24, 2.45) is 10.8 Å².